The van der Waals surface area contributed by atoms with Gasteiger partial charge in [-0.15, -0.1) is 11.3 Å². The molecule has 7 nitrogen and oxygen atoms in total. The lowest BCUT2D eigenvalue weighted by Gasteiger charge is -2.38. The quantitative estimate of drug-likeness (QED) is 0.768. The topological polar surface area (TPSA) is 96.4 Å². The fourth-order valence-electron chi connectivity index (χ4n) is 1.72. The number of rotatable bonds is 2. The number of hydrogen-bond acceptors (Lipinski definition) is 6. The molecule has 2 amide bonds. The van der Waals surface area contributed by atoms with Crippen LogP contribution >= 0.6 is 11.3 Å². The van der Waals surface area contributed by atoms with Crippen LogP contribution in [0.15, 0.2) is 10.4 Å². The third-order valence-corrected chi connectivity index (χ3v) is 6.23. The smallest absolute Gasteiger partial charge is 0.255 e. The van der Waals surface area contributed by atoms with Gasteiger partial charge in [-0.25, -0.2) is 13.4 Å². The lowest BCUT2D eigenvalue weighted by Crippen LogP contribution is -2.65. The van der Waals surface area contributed by atoms with E-state index in [0.29, 0.717) is 5.01 Å². The molecule has 2 heterocycles. The SMILES string of the molecule is Cc1ncc(S(=O)(=O)N2CC(=O)NC(=O)C2(C)C)s1. The van der Waals surface area contributed by atoms with Gasteiger partial charge >= 0.3 is 0 Å². The van der Waals surface area contributed by atoms with Crippen LogP contribution in [0.25, 0.3) is 0 Å². The summed E-state index contributed by atoms with van der Waals surface area (Å²) in [4.78, 5) is 27.1. The van der Waals surface area contributed by atoms with Crippen molar-refractivity contribution in [3.05, 3.63) is 11.2 Å². The van der Waals surface area contributed by atoms with Gasteiger partial charge in [0.15, 0.2) is 4.21 Å². The van der Waals surface area contributed by atoms with E-state index >= 15 is 0 Å². The molecule has 1 N–H and O–H groups in total. The van der Waals surface area contributed by atoms with Gasteiger partial charge in [-0.3, -0.25) is 14.9 Å². The fourth-order valence-corrected chi connectivity index (χ4v) is 4.64. The van der Waals surface area contributed by atoms with Crippen molar-refractivity contribution in [2.24, 2.45) is 0 Å². The van der Waals surface area contributed by atoms with Gasteiger partial charge in [0.2, 0.25) is 11.8 Å². The first-order chi connectivity index (χ1) is 8.65. The second kappa shape index (κ2) is 4.36. The van der Waals surface area contributed by atoms with Gasteiger partial charge in [0.05, 0.1) is 17.7 Å². The second-order valence-electron chi connectivity index (χ2n) is 4.65. The zero-order valence-corrected chi connectivity index (χ0v) is 12.3. The normalized spacial score (nSPS) is 20.4. The fraction of sp³-hybridized carbons (Fsp3) is 0.500. The van der Waals surface area contributed by atoms with Crippen LogP contribution in [0.2, 0.25) is 0 Å². The average molecular weight is 303 g/mol. The molecule has 0 unspecified atom stereocenters. The average Bonchev–Trinajstić information content (AvgIpc) is 2.71. The van der Waals surface area contributed by atoms with Crippen molar-refractivity contribution in [1.82, 2.24) is 14.6 Å². The van der Waals surface area contributed by atoms with Gasteiger partial charge in [0.25, 0.3) is 10.0 Å². The summed E-state index contributed by atoms with van der Waals surface area (Å²) in [5, 5.41) is 2.73. The number of imide groups is 1. The standard InChI is InChI=1S/C10H13N3O4S2/c1-6-11-4-8(18-6)19(16,17)13-5-7(14)12-9(15)10(13,2)3/h4H,5H2,1-3H3,(H,12,14,15). The van der Waals surface area contributed by atoms with E-state index in [9.17, 15) is 18.0 Å². The van der Waals surface area contributed by atoms with Crippen LogP contribution in [-0.2, 0) is 19.6 Å². The lowest BCUT2D eigenvalue weighted by atomic mass is 10.0. The first-order valence-electron chi connectivity index (χ1n) is 5.45. The molecule has 0 saturated carbocycles. The van der Waals surface area contributed by atoms with Gasteiger partial charge in [-0.05, 0) is 20.8 Å². The van der Waals surface area contributed by atoms with Crippen molar-refractivity contribution in [2.75, 3.05) is 6.54 Å². The number of amides is 2. The van der Waals surface area contributed by atoms with Crippen LogP contribution in [-0.4, -0.2) is 41.6 Å². The Morgan fingerprint density at radius 1 is 1.42 bits per heavy atom. The summed E-state index contributed by atoms with van der Waals surface area (Å²) in [5.41, 5.74) is -1.31. The van der Waals surface area contributed by atoms with E-state index in [-0.39, 0.29) is 10.8 Å². The number of sulfonamides is 1. The van der Waals surface area contributed by atoms with Crippen molar-refractivity contribution < 1.29 is 18.0 Å². The number of aromatic nitrogens is 1. The van der Waals surface area contributed by atoms with E-state index in [0.717, 1.165) is 15.6 Å². The van der Waals surface area contributed by atoms with E-state index in [2.05, 4.69) is 10.3 Å². The number of nitrogens with zero attached hydrogens (tertiary/aromatic N) is 2. The minimum atomic E-state index is -3.91. The predicted octanol–water partition coefficient (Wildman–Crippen LogP) is -0.123. The summed E-state index contributed by atoms with van der Waals surface area (Å²) < 4.78 is 25.9. The van der Waals surface area contributed by atoms with Crippen LogP contribution < -0.4 is 5.32 Å². The van der Waals surface area contributed by atoms with Crippen LogP contribution in [0.5, 0.6) is 0 Å². The van der Waals surface area contributed by atoms with Crippen molar-refractivity contribution in [1.29, 1.82) is 0 Å². The van der Waals surface area contributed by atoms with Crippen molar-refractivity contribution in [2.45, 2.75) is 30.5 Å². The van der Waals surface area contributed by atoms with Crippen LogP contribution in [0.1, 0.15) is 18.9 Å². The summed E-state index contributed by atoms with van der Waals surface area (Å²) in [7, 11) is -3.91. The Morgan fingerprint density at radius 3 is 2.58 bits per heavy atom. The summed E-state index contributed by atoms with van der Waals surface area (Å²) in [6.07, 6.45) is 1.24. The van der Waals surface area contributed by atoms with E-state index in [1.54, 1.807) is 6.92 Å². The molecule has 104 valence electrons. The van der Waals surface area contributed by atoms with E-state index in [1.807, 2.05) is 0 Å². The van der Waals surface area contributed by atoms with Gasteiger partial charge in [-0.1, -0.05) is 0 Å². The highest BCUT2D eigenvalue weighted by molar-refractivity contribution is 7.91. The highest BCUT2D eigenvalue weighted by atomic mass is 32.2. The summed E-state index contributed by atoms with van der Waals surface area (Å²) in [6.45, 7) is 4.22. The van der Waals surface area contributed by atoms with E-state index < -0.39 is 27.4 Å². The molecule has 0 aromatic carbocycles. The Labute approximate surface area is 114 Å². The molecule has 0 bridgehead atoms. The molecular formula is C10H13N3O4S2. The van der Waals surface area contributed by atoms with Crippen molar-refractivity contribution in [3.8, 4) is 0 Å². The third-order valence-electron chi connectivity index (χ3n) is 2.86. The van der Waals surface area contributed by atoms with Crippen LogP contribution in [0, 0.1) is 6.92 Å². The van der Waals surface area contributed by atoms with Crippen LogP contribution in [0.3, 0.4) is 0 Å². The summed E-state index contributed by atoms with van der Waals surface area (Å²) in [6, 6.07) is 0. The molecule has 2 rings (SSSR count). The Bertz CT molecular complexity index is 647. The summed E-state index contributed by atoms with van der Waals surface area (Å²) in [5.74, 6) is -1.26. The first-order valence-corrected chi connectivity index (χ1v) is 7.71. The number of carbonyl (C=O) groups excluding carboxylic acids is 2. The number of aryl methyl sites for hydroxylation is 1. The number of hydrogen-bond donors (Lipinski definition) is 1. The summed E-state index contributed by atoms with van der Waals surface area (Å²) >= 11 is 1.01. The molecule has 1 aliphatic heterocycles. The Balaban J connectivity index is 2.49. The highest BCUT2D eigenvalue weighted by Gasteiger charge is 2.48. The zero-order valence-electron chi connectivity index (χ0n) is 10.6. The zero-order chi connectivity index (χ0) is 14.4. The second-order valence-corrected chi connectivity index (χ2v) is 7.97. The van der Waals surface area contributed by atoms with E-state index in [1.165, 1.54) is 20.0 Å². The minimum Gasteiger partial charge on any atom is -0.294 e. The molecule has 0 radical (unpaired) electrons. The molecule has 0 spiro atoms. The van der Waals surface area contributed by atoms with Gasteiger partial charge in [0, 0.05) is 0 Å². The lowest BCUT2D eigenvalue weighted by molar-refractivity contribution is -0.141. The number of piperazine rings is 1. The molecule has 1 fully saturated rings. The third kappa shape index (κ3) is 2.28. The maximum atomic E-state index is 12.5. The first kappa shape index (κ1) is 14.1. The Morgan fingerprint density at radius 2 is 2.05 bits per heavy atom. The largest absolute Gasteiger partial charge is 0.294 e. The Hall–Kier alpha value is -1.32. The molecule has 19 heavy (non-hydrogen) atoms. The minimum absolute atomic E-state index is 0.0283. The van der Waals surface area contributed by atoms with Crippen LogP contribution in [0.4, 0.5) is 0 Å². The predicted molar refractivity (Wildman–Crippen MR) is 68.0 cm³/mol. The van der Waals surface area contributed by atoms with Gasteiger partial charge in [-0.2, -0.15) is 4.31 Å². The number of carbonyl (C=O) groups is 2. The maximum Gasteiger partial charge on any atom is 0.255 e. The molecule has 9 heteroatoms. The van der Waals surface area contributed by atoms with Gasteiger partial charge in [0.1, 0.15) is 5.54 Å². The molecule has 0 aliphatic carbocycles. The number of nitrogens with one attached hydrogen (secondary N) is 1. The highest BCUT2D eigenvalue weighted by Crippen LogP contribution is 2.29. The molecule has 1 aromatic heterocycles. The van der Waals surface area contributed by atoms with Crippen molar-refractivity contribution >= 4 is 33.2 Å². The van der Waals surface area contributed by atoms with E-state index in [4.69, 9.17) is 0 Å². The number of thiazole rings is 1. The molecule has 0 atom stereocenters. The van der Waals surface area contributed by atoms with Gasteiger partial charge < -0.3 is 0 Å². The monoisotopic (exact) mass is 303 g/mol. The van der Waals surface area contributed by atoms with Crippen molar-refractivity contribution in [3.63, 3.8) is 0 Å². The maximum absolute atomic E-state index is 12.5. The molecule has 1 aliphatic rings. The Kier molecular flexibility index (Phi) is 3.23. The molecular weight excluding hydrogens is 290 g/mol. The molecule has 1 aromatic rings. The molecule has 1 saturated heterocycles.